The van der Waals surface area contributed by atoms with Crippen LogP contribution >= 0.6 is 0 Å². The lowest BCUT2D eigenvalue weighted by Crippen LogP contribution is -2.37. The van der Waals surface area contributed by atoms with Gasteiger partial charge in [-0.2, -0.15) is 5.10 Å². The van der Waals surface area contributed by atoms with Gasteiger partial charge in [-0.1, -0.05) is 60.2 Å². The number of hydrazone groups is 1. The molecule has 0 bridgehead atoms. The second-order valence-electron chi connectivity index (χ2n) is 4.78. The topological polar surface area (TPSA) is 70.6 Å². The summed E-state index contributed by atoms with van der Waals surface area (Å²) >= 11 is 0. The first kappa shape index (κ1) is 15.4. The highest BCUT2D eigenvalue weighted by molar-refractivity contribution is 6.35. The molecule has 0 unspecified atom stereocenters. The number of rotatable bonds is 4. The third-order valence-corrected chi connectivity index (χ3v) is 2.96. The molecule has 0 atom stereocenters. The molecular formula is C17H17N3O2. The van der Waals surface area contributed by atoms with Gasteiger partial charge in [0.1, 0.15) is 0 Å². The minimum absolute atomic E-state index is 0.301. The average molecular weight is 295 g/mol. The molecule has 0 heterocycles. The highest BCUT2D eigenvalue weighted by atomic mass is 16.2. The van der Waals surface area contributed by atoms with Gasteiger partial charge in [-0.15, -0.1) is 0 Å². The molecule has 2 rings (SSSR count). The summed E-state index contributed by atoms with van der Waals surface area (Å²) in [5, 5.41) is 6.29. The van der Waals surface area contributed by atoms with Gasteiger partial charge in [-0.3, -0.25) is 9.59 Å². The first-order valence-corrected chi connectivity index (χ1v) is 6.87. The van der Waals surface area contributed by atoms with Crippen molar-refractivity contribution in [3.63, 3.8) is 0 Å². The van der Waals surface area contributed by atoms with Crippen LogP contribution in [0.15, 0.2) is 59.7 Å². The zero-order valence-corrected chi connectivity index (χ0v) is 12.2. The van der Waals surface area contributed by atoms with Gasteiger partial charge in [-0.25, -0.2) is 5.43 Å². The van der Waals surface area contributed by atoms with Gasteiger partial charge in [0.2, 0.25) is 0 Å². The molecule has 2 aromatic carbocycles. The Morgan fingerprint density at radius 1 is 1.00 bits per heavy atom. The number of nitrogens with one attached hydrogen (secondary N) is 2. The van der Waals surface area contributed by atoms with Gasteiger partial charge in [0, 0.05) is 6.54 Å². The molecule has 2 N–H and O–H groups in total. The summed E-state index contributed by atoms with van der Waals surface area (Å²) in [4.78, 5) is 23.2. The zero-order chi connectivity index (χ0) is 15.8. The largest absolute Gasteiger partial charge is 0.344 e. The number of hydrogen-bond donors (Lipinski definition) is 2. The number of hydrogen-bond acceptors (Lipinski definition) is 3. The van der Waals surface area contributed by atoms with E-state index in [0.29, 0.717) is 6.54 Å². The highest BCUT2D eigenvalue weighted by Gasteiger charge is 2.11. The van der Waals surface area contributed by atoms with E-state index in [1.165, 1.54) is 6.21 Å². The fourth-order valence-electron chi connectivity index (χ4n) is 1.72. The first-order valence-electron chi connectivity index (χ1n) is 6.87. The highest BCUT2D eigenvalue weighted by Crippen LogP contribution is 2.02. The smallest absolute Gasteiger partial charge is 0.329 e. The number of aryl methyl sites for hydroxylation is 1. The normalized spacial score (nSPS) is 10.4. The summed E-state index contributed by atoms with van der Waals surface area (Å²) in [6.45, 7) is 2.29. The lowest BCUT2D eigenvalue weighted by Gasteiger charge is -2.04. The van der Waals surface area contributed by atoms with Gasteiger partial charge in [0.25, 0.3) is 0 Å². The SMILES string of the molecule is Cc1ccc(CNC(=O)C(=O)NN=Cc2ccccc2)cc1. The van der Waals surface area contributed by atoms with Gasteiger partial charge >= 0.3 is 11.8 Å². The summed E-state index contributed by atoms with van der Waals surface area (Å²) in [6, 6.07) is 17.0. The van der Waals surface area contributed by atoms with Crippen molar-refractivity contribution in [1.82, 2.24) is 10.7 Å². The summed E-state index contributed by atoms with van der Waals surface area (Å²) in [5.74, 6) is -1.51. The van der Waals surface area contributed by atoms with E-state index < -0.39 is 11.8 Å². The number of carbonyl (C=O) groups excluding carboxylic acids is 2. The van der Waals surface area contributed by atoms with Crippen molar-refractivity contribution in [2.45, 2.75) is 13.5 Å². The standard InChI is InChI=1S/C17H17N3O2/c1-13-7-9-15(10-8-13)11-18-16(21)17(22)20-19-12-14-5-3-2-4-6-14/h2-10,12H,11H2,1H3,(H,18,21)(H,20,22). The van der Waals surface area contributed by atoms with Crippen molar-refractivity contribution < 1.29 is 9.59 Å². The van der Waals surface area contributed by atoms with E-state index in [-0.39, 0.29) is 0 Å². The molecule has 112 valence electrons. The summed E-state index contributed by atoms with van der Waals surface area (Å²) in [5.41, 5.74) is 5.10. The number of amides is 2. The van der Waals surface area contributed by atoms with E-state index in [9.17, 15) is 9.59 Å². The van der Waals surface area contributed by atoms with Crippen LogP contribution in [-0.4, -0.2) is 18.0 Å². The van der Waals surface area contributed by atoms with E-state index in [0.717, 1.165) is 16.7 Å². The van der Waals surface area contributed by atoms with Crippen LogP contribution in [0.2, 0.25) is 0 Å². The Morgan fingerprint density at radius 3 is 2.36 bits per heavy atom. The number of carbonyl (C=O) groups is 2. The molecule has 0 aliphatic rings. The van der Waals surface area contributed by atoms with E-state index in [4.69, 9.17) is 0 Å². The van der Waals surface area contributed by atoms with Crippen LogP contribution in [0.5, 0.6) is 0 Å². The minimum Gasteiger partial charge on any atom is -0.344 e. The lowest BCUT2D eigenvalue weighted by atomic mass is 10.1. The van der Waals surface area contributed by atoms with E-state index in [2.05, 4.69) is 15.8 Å². The zero-order valence-electron chi connectivity index (χ0n) is 12.2. The molecule has 22 heavy (non-hydrogen) atoms. The van der Waals surface area contributed by atoms with Gasteiger partial charge < -0.3 is 5.32 Å². The molecule has 2 aromatic rings. The molecule has 5 nitrogen and oxygen atoms in total. The van der Waals surface area contributed by atoms with Crippen LogP contribution in [0.1, 0.15) is 16.7 Å². The molecule has 0 radical (unpaired) electrons. The molecular weight excluding hydrogens is 278 g/mol. The van der Waals surface area contributed by atoms with Crippen molar-refractivity contribution in [2.24, 2.45) is 5.10 Å². The van der Waals surface area contributed by atoms with Crippen LogP contribution in [0.3, 0.4) is 0 Å². The maximum Gasteiger partial charge on any atom is 0.329 e. The van der Waals surface area contributed by atoms with Crippen LogP contribution in [0.25, 0.3) is 0 Å². The minimum atomic E-state index is -0.792. The van der Waals surface area contributed by atoms with Crippen molar-refractivity contribution in [1.29, 1.82) is 0 Å². The fraction of sp³-hybridized carbons (Fsp3) is 0.118. The molecule has 0 saturated heterocycles. The van der Waals surface area contributed by atoms with Gasteiger partial charge in [0.15, 0.2) is 0 Å². The Kier molecular flexibility index (Phi) is 5.43. The maximum absolute atomic E-state index is 11.6. The first-order chi connectivity index (χ1) is 10.6. The Balaban J connectivity index is 1.78. The number of benzene rings is 2. The second-order valence-corrected chi connectivity index (χ2v) is 4.78. The fourth-order valence-corrected chi connectivity index (χ4v) is 1.72. The van der Waals surface area contributed by atoms with Gasteiger partial charge in [-0.05, 0) is 18.1 Å². The summed E-state index contributed by atoms with van der Waals surface area (Å²) < 4.78 is 0. The van der Waals surface area contributed by atoms with Crippen molar-refractivity contribution >= 4 is 18.0 Å². The Bertz CT molecular complexity index is 664. The predicted octanol–water partition coefficient (Wildman–Crippen LogP) is 1.76. The molecule has 0 aliphatic heterocycles. The lowest BCUT2D eigenvalue weighted by molar-refractivity contribution is -0.139. The van der Waals surface area contributed by atoms with Crippen LogP contribution in [0.4, 0.5) is 0 Å². The molecule has 0 aromatic heterocycles. The third kappa shape index (κ3) is 4.86. The Morgan fingerprint density at radius 2 is 1.68 bits per heavy atom. The summed E-state index contributed by atoms with van der Waals surface area (Å²) in [6.07, 6.45) is 1.48. The third-order valence-electron chi connectivity index (χ3n) is 2.96. The quantitative estimate of drug-likeness (QED) is 0.512. The predicted molar refractivity (Wildman–Crippen MR) is 85.2 cm³/mol. The Hall–Kier alpha value is -2.95. The van der Waals surface area contributed by atoms with Crippen LogP contribution < -0.4 is 10.7 Å². The maximum atomic E-state index is 11.6. The molecule has 0 fully saturated rings. The van der Waals surface area contributed by atoms with E-state index in [1.54, 1.807) is 0 Å². The van der Waals surface area contributed by atoms with E-state index >= 15 is 0 Å². The number of nitrogens with zero attached hydrogens (tertiary/aromatic N) is 1. The summed E-state index contributed by atoms with van der Waals surface area (Å²) in [7, 11) is 0. The monoisotopic (exact) mass is 295 g/mol. The van der Waals surface area contributed by atoms with Crippen molar-refractivity contribution in [2.75, 3.05) is 0 Å². The van der Waals surface area contributed by atoms with E-state index in [1.807, 2.05) is 61.5 Å². The van der Waals surface area contributed by atoms with Crippen LogP contribution in [-0.2, 0) is 16.1 Å². The Labute approximate surface area is 129 Å². The molecule has 0 saturated carbocycles. The second kappa shape index (κ2) is 7.73. The van der Waals surface area contributed by atoms with Crippen LogP contribution in [0, 0.1) is 6.92 Å². The van der Waals surface area contributed by atoms with Crippen molar-refractivity contribution in [3.05, 3.63) is 71.3 Å². The average Bonchev–Trinajstić information content (AvgIpc) is 2.55. The molecule has 0 aliphatic carbocycles. The van der Waals surface area contributed by atoms with Crippen molar-refractivity contribution in [3.8, 4) is 0 Å². The molecule has 2 amide bonds. The van der Waals surface area contributed by atoms with Gasteiger partial charge in [0.05, 0.1) is 6.21 Å². The molecule has 0 spiro atoms. The molecule has 5 heteroatoms.